The van der Waals surface area contributed by atoms with Crippen LogP contribution in [0.1, 0.15) is 11.1 Å². The van der Waals surface area contributed by atoms with Crippen LogP contribution in [-0.4, -0.2) is 17.9 Å². The number of hydrogen-bond donors (Lipinski definition) is 1. The van der Waals surface area contributed by atoms with Gasteiger partial charge in [0.25, 0.3) is 0 Å². The van der Waals surface area contributed by atoms with Gasteiger partial charge in [-0.1, -0.05) is 53.5 Å². The quantitative estimate of drug-likeness (QED) is 0.619. The van der Waals surface area contributed by atoms with Crippen molar-refractivity contribution in [3.8, 4) is 0 Å². The molecule has 0 saturated heterocycles. The number of nitrogens with zero attached hydrogens (tertiary/aromatic N) is 1. The van der Waals surface area contributed by atoms with E-state index in [1.54, 1.807) is 6.07 Å². The van der Waals surface area contributed by atoms with Crippen LogP contribution in [0.4, 0.5) is 0 Å². The summed E-state index contributed by atoms with van der Waals surface area (Å²) in [5.41, 5.74) is 4.37. The van der Waals surface area contributed by atoms with Gasteiger partial charge >= 0.3 is 0 Å². The van der Waals surface area contributed by atoms with Crippen LogP contribution in [0.15, 0.2) is 53.6 Å². The number of amides is 1. The summed E-state index contributed by atoms with van der Waals surface area (Å²) in [6.07, 6.45) is 1.53. The molecule has 0 bridgehead atoms. The molecule has 0 saturated carbocycles. The molecule has 0 radical (unpaired) electrons. The van der Waals surface area contributed by atoms with Gasteiger partial charge in [0, 0.05) is 21.4 Å². The fraction of sp³-hybridized carbons (Fsp3) is 0.125. The van der Waals surface area contributed by atoms with Gasteiger partial charge in [-0.25, -0.2) is 5.43 Å². The van der Waals surface area contributed by atoms with Gasteiger partial charge in [0.15, 0.2) is 0 Å². The minimum Gasteiger partial charge on any atom is -0.272 e. The van der Waals surface area contributed by atoms with Gasteiger partial charge in [0.1, 0.15) is 0 Å². The van der Waals surface area contributed by atoms with Crippen molar-refractivity contribution in [2.24, 2.45) is 5.10 Å². The molecule has 0 aromatic heterocycles. The molecule has 1 amide bonds. The van der Waals surface area contributed by atoms with E-state index in [2.05, 4.69) is 10.5 Å². The average molecular weight is 353 g/mol. The van der Waals surface area contributed by atoms with Crippen LogP contribution in [-0.2, 0) is 10.5 Å². The summed E-state index contributed by atoms with van der Waals surface area (Å²) >= 11 is 13.3. The molecule has 0 heterocycles. The van der Waals surface area contributed by atoms with E-state index >= 15 is 0 Å². The van der Waals surface area contributed by atoms with Crippen molar-refractivity contribution in [3.05, 3.63) is 69.7 Å². The monoisotopic (exact) mass is 352 g/mol. The molecule has 2 aromatic rings. The number of halogens is 2. The average Bonchev–Trinajstić information content (AvgIpc) is 2.51. The maximum Gasteiger partial charge on any atom is 0.250 e. The molecule has 0 aliphatic heterocycles. The molecule has 2 aromatic carbocycles. The molecular formula is C16H14Cl2N2OS. The predicted molar refractivity (Wildman–Crippen MR) is 94.8 cm³/mol. The van der Waals surface area contributed by atoms with E-state index in [4.69, 9.17) is 23.2 Å². The summed E-state index contributed by atoms with van der Waals surface area (Å²) in [6, 6.07) is 14.9. The lowest BCUT2D eigenvalue weighted by molar-refractivity contribution is -0.118. The standard InChI is InChI=1S/C16H14Cl2N2OS/c17-14-7-5-12(6-8-14)10-22-11-16(21)20-19-9-13-3-1-2-4-15(13)18/h1-9H,10-11H2,(H,20,21)/b19-9+. The first kappa shape index (κ1) is 16.9. The van der Waals surface area contributed by atoms with E-state index in [0.29, 0.717) is 15.8 Å². The smallest absolute Gasteiger partial charge is 0.250 e. The zero-order valence-electron chi connectivity index (χ0n) is 11.6. The lowest BCUT2D eigenvalue weighted by Gasteiger charge is -2.02. The Kier molecular flexibility index (Phi) is 6.77. The maximum atomic E-state index is 11.7. The molecule has 114 valence electrons. The Morgan fingerprint density at radius 1 is 1.14 bits per heavy atom. The molecule has 0 atom stereocenters. The van der Waals surface area contributed by atoms with Crippen LogP contribution in [0, 0.1) is 0 Å². The van der Waals surface area contributed by atoms with Crippen molar-refractivity contribution in [2.75, 3.05) is 5.75 Å². The van der Waals surface area contributed by atoms with Gasteiger partial charge in [-0.05, 0) is 23.8 Å². The van der Waals surface area contributed by atoms with Crippen molar-refractivity contribution < 1.29 is 4.79 Å². The Hall–Kier alpha value is -1.49. The van der Waals surface area contributed by atoms with Crippen molar-refractivity contribution in [3.63, 3.8) is 0 Å². The van der Waals surface area contributed by atoms with Crippen LogP contribution in [0.25, 0.3) is 0 Å². The van der Waals surface area contributed by atoms with Crippen molar-refractivity contribution in [2.45, 2.75) is 5.75 Å². The highest BCUT2D eigenvalue weighted by Crippen LogP contribution is 2.15. The summed E-state index contributed by atoms with van der Waals surface area (Å²) in [4.78, 5) is 11.7. The fourth-order valence-electron chi connectivity index (χ4n) is 1.63. The maximum absolute atomic E-state index is 11.7. The predicted octanol–water partition coefficient (Wildman–Crippen LogP) is 4.38. The second-order valence-electron chi connectivity index (χ2n) is 4.43. The minimum absolute atomic E-state index is 0.151. The Balaban J connectivity index is 1.72. The third-order valence-electron chi connectivity index (χ3n) is 2.71. The summed E-state index contributed by atoms with van der Waals surface area (Å²) < 4.78 is 0. The van der Waals surface area contributed by atoms with E-state index < -0.39 is 0 Å². The van der Waals surface area contributed by atoms with Gasteiger partial charge in [-0.2, -0.15) is 5.10 Å². The third kappa shape index (κ3) is 5.72. The highest BCUT2D eigenvalue weighted by molar-refractivity contribution is 7.99. The van der Waals surface area contributed by atoms with E-state index in [-0.39, 0.29) is 5.91 Å². The topological polar surface area (TPSA) is 41.5 Å². The van der Waals surface area contributed by atoms with Crippen molar-refractivity contribution in [1.82, 2.24) is 5.43 Å². The van der Waals surface area contributed by atoms with Gasteiger partial charge < -0.3 is 0 Å². The number of benzene rings is 2. The van der Waals surface area contributed by atoms with Crippen LogP contribution in [0.2, 0.25) is 10.0 Å². The lowest BCUT2D eigenvalue weighted by Crippen LogP contribution is -2.19. The summed E-state index contributed by atoms with van der Waals surface area (Å²) in [5, 5.41) is 5.20. The zero-order valence-corrected chi connectivity index (χ0v) is 14.0. The van der Waals surface area contributed by atoms with Gasteiger partial charge in [0.05, 0.1) is 12.0 Å². The molecule has 0 aliphatic rings. The SMILES string of the molecule is O=C(CSCc1ccc(Cl)cc1)N/N=C/c1ccccc1Cl. The van der Waals surface area contributed by atoms with Gasteiger partial charge in [-0.15, -0.1) is 11.8 Å². The second-order valence-corrected chi connectivity index (χ2v) is 6.26. The first-order valence-corrected chi connectivity index (χ1v) is 8.45. The molecule has 6 heteroatoms. The summed E-state index contributed by atoms with van der Waals surface area (Å²) in [6.45, 7) is 0. The number of carbonyl (C=O) groups is 1. The summed E-state index contributed by atoms with van der Waals surface area (Å²) in [5.74, 6) is 0.934. The molecular weight excluding hydrogens is 339 g/mol. The first-order chi connectivity index (χ1) is 10.6. The van der Waals surface area contributed by atoms with Gasteiger partial charge in [-0.3, -0.25) is 4.79 Å². The van der Waals surface area contributed by atoms with Gasteiger partial charge in [0.2, 0.25) is 5.91 Å². The number of hydrogen-bond acceptors (Lipinski definition) is 3. The van der Waals surface area contributed by atoms with E-state index in [0.717, 1.165) is 16.9 Å². The van der Waals surface area contributed by atoms with E-state index in [1.165, 1.54) is 18.0 Å². The molecule has 3 nitrogen and oxygen atoms in total. The fourth-order valence-corrected chi connectivity index (χ4v) is 2.72. The highest BCUT2D eigenvalue weighted by Gasteiger charge is 2.01. The van der Waals surface area contributed by atoms with Crippen LogP contribution < -0.4 is 5.43 Å². The van der Waals surface area contributed by atoms with Crippen LogP contribution in [0.3, 0.4) is 0 Å². The number of thioether (sulfide) groups is 1. The molecule has 0 aliphatic carbocycles. The third-order valence-corrected chi connectivity index (χ3v) is 4.31. The number of hydrazone groups is 1. The van der Waals surface area contributed by atoms with Crippen molar-refractivity contribution >= 4 is 47.1 Å². The molecule has 2 rings (SSSR count). The Morgan fingerprint density at radius 2 is 1.86 bits per heavy atom. The number of nitrogens with one attached hydrogen (secondary N) is 1. The Bertz CT molecular complexity index is 659. The Labute approximate surface area is 143 Å². The van der Waals surface area contributed by atoms with Crippen LogP contribution in [0.5, 0.6) is 0 Å². The normalized spacial score (nSPS) is 10.8. The highest BCUT2D eigenvalue weighted by atomic mass is 35.5. The molecule has 0 unspecified atom stereocenters. The van der Waals surface area contributed by atoms with Crippen molar-refractivity contribution in [1.29, 1.82) is 0 Å². The molecule has 22 heavy (non-hydrogen) atoms. The minimum atomic E-state index is -0.151. The largest absolute Gasteiger partial charge is 0.272 e. The molecule has 0 fully saturated rings. The lowest BCUT2D eigenvalue weighted by atomic mass is 10.2. The second kappa shape index (κ2) is 8.83. The molecule has 1 N–H and O–H groups in total. The zero-order chi connectivity index (χ0) is 15.8. The Morgan fingerprint density at radius 3 is 2.59 bits per heavy atom. The summed E-state index contributed by atoms with van der Waals surface area (Å²) in [7, 11) is 0. The van der Waals surface area contributed by atoms with E-state index in [9.17, 15) is 4.79 Å². The molecule has 0 spiro atoms. The number of rotatable bonds is 6. The van der Waals surface area contributed by atoms with Crippen LogP contribution >= 0.6 is 35.0 Å². The first-order valence-electron chi connectivity index (χ1n) is 6.54. The number of carbonyl (C=O) groups excluding carboxylic acids is 1. The van der Waals surface area contributed by atoms with E-state index in [1.807, 2.05) is 42.5 Å².